The second-order valence-corrected chi connectivity index (χ2v) is 12.2. The highest BCUT2D eigenvalue weighted by Gasteiger charge is 2.45. The first-order chi connectivity index (χ1) is 16.2. The molecule has 0 amide bonds. The summed E-state index contributed by atoms with van der Waals surface area (Å²) in [6.45, 7) is 11.1. The van der Waals surface area contributed by atoms with Gasteiger partial charge in [-0.25, -0.2) is 0 Å². The van der Waals surface area contributed by atoms with Crippen molar-refractivity contribution in [2.45, 2.75) is 58.5 Å². The fourth-order valence-electron chi connectivity index (χ4n) is 3.98. The molecule has 0 aliphatic heterocycles. The number of hydrogen-bond donors (Lipinski definition) is 5. The topological polar surface area (TPSA) is 129 Å². The molecule has 35 heavy (non-hydrogen) atoms. The number of aliphatic hydroxyl groups excluding tert-OH is 1. The molecule has 1 atom stereocenters. The first-order valence-corrected chi connectivity index (χ1v) is 13.6. The molecule has 2 rings (SSSR count). The number of benzene rings is 2. The minimum Gasteiger partial charge on any atom is -0.485 e. The van der Waals surface area contributed by atoms with E-state index in [1.54, 1.807) is 0 Å². The van der Waals surface area contributed by atoms with Gasteiger partial charge in [0.25, 0.3) is 0 Å². The lowest BCUT2D eigenvalue weighted by Crippen LogP contribution is -2.44. The molecule has 196 valence electrons. The van der Waals surface area contributed by atoms with Gasteiger partial charge in [0.05, 0.1) is 25.2 Å². The molecular weight excluding hydrogens is 490 g/mol. The molecule has 0 aliphatic carbocycles. The van der Waals surface area contributed by atoms with Gasteiger partial charge in [-0.2, -0.15) is 0 Å². The van der Waals surface area contributed by atoms with E-state index in [2.05, 4.69) is 41.5 Å². The van der Waals surface area contributed by atoms with E-state index in [1.165, 1.54) is 0 Å². The van der Waals surface area contributed by atoms with Crippen LogP contribution in [0.25, 0.3) is 0 Å². The summed E-state index contributed by atoms with van der Waals surface area (Å²) in [4.78, 5) is 38.0. The van der Waals surface area contributed by atoms with Crippen LogP contribution in [0.1, 0.15) is 64.3 Å². The second kappa shape index (κ2) is 12.4. The van der Waals surface area contributed by atoms with Crippen molar-refractivity contribution in [3.63, 3.8) is 0 Å². The zero-order chi connectivity index (χ0) is 26.4. The van der Waals surface area contributed by atoms with Crippen LogP contribution in [0, 0.1) is 5.41 Å². The van der Waals surface area contributed by atoms with E-state index in [0.29, 0.717) is 5.75 Å². The average molecular weight is 529 g/mol. The van der Waals surface area contributed by atoms with Crippen molar-refractivity contribution in [3.05, 3.63) is 65.2 Å². The van der Waals surface area contributed by atoms with E-state index in [9.17, 15) is 24.7 Å². The molecule has 0 saturated heterocycles. The van der Waals surface area contributed by atoms with Crippen molar-refractivity contribution in [1.29, 1.82) is 0 Å². The maximum Gasteiger partial charge on any atom is 0.327 e. The summed E-state index contributed by atoms with van der Waals surface area (Å²) in [6, 6.07) is 15.2. The Bertz CT molecular complexity index is 926. The van der Waals surface area contributed by atoms with Gasteiger partial charge in [0.1, 0.15) is 11.9 Å². The van der Waals surface area contributed by atoms with Crippen LogP contribution in [0.2, 0.25) is 0 Å². The average Bonchev–Trinajstić information content (AvgIpc) is 2.77. The summed E-state index contributed by atoms with van der Waals surface area (Å²) in [6.07, 6.45) is -0.906. The Labute approximate surface area is 210 Å². The van der Waals surface area contributed by atoms with Gasteiger partial charge in [-0.3, -0.25) is 0 Å². The predicted octanol–water partition coefficient (Wildman–Crippen LogP) is 4.84. The van der Waals surface area contributed by atoms with Gasteiger partial charge < -0.3 is 38.5 Å². The van der Waals surface area contributed by atoms with Crippen LogP contribution in [0.15, 0.2) is 48.5 Å². The number of hydrogen-bond acceptors (Lipinski definition) is 8. The molecule has 0 bridgehead atoms. The third-order valence-electron chi connectivity index (χ3n) is 5.80. The van der Waals surface area contributed by atoms with Crippen LogP contribution in [0.5, 0.6) is 5.75 Å². The van der Waals surface area contributed by atoms with Crippen LogP contribution < -0.4 is 4.74 Å². The normalized spacial score (nSPS) is 14.0. The molecule has 2 aromatic rings. The molecule has 8 nitrogen and oxygen atoms in total. The molecule has 2 aromatic carbocycles. The zero-order valence-corrected chi connectivity index (χ0v) is 23.0. The van der Waals surface area contributed by atoms with Crippen LogP contribution in [-0.4, -0.2) is 44.5 Å². The summed E-state index contributed by atoms with van der Waals surface area (Å²) in [5.41, 5.74) is 0.655. The van der Waals surface area contributed by atoms with Crippen molar-refractivity contribution in [2.24, 2.45) is 5.41 Å². The summed E-state index contributed by atoms with van der Waals surface area (Å²) in [5, 5.41) is 10.7. The van der Waals surface area contributed by atoms with Crippen molar-refractivity contribution in [3.8, 4) is 5.75 Å². The van der Waals surface area contributed by atoms with Gasteiger partial charge in [-0.15, -0.1) is 0 Å². The summed E-state index contributed by atoms with van der Waals surface area (Å²) in [5.74, 6) is 0.581. The molecule has 0 radical (unpaired) electrons. The largest absolute Gasteiger partial charge is 0.485 e. The van der Waals surface area contributed by atoms with Crippen LogP contribution in [0.4, 0.5) is 0 Å². The van der Waals surface area contributed by atoms with E-state index in [4.69, 9.17) is 13.8 Å². The van der Waals surface area contributed by atoms with Crippen molar-refractivity contribution >= 4 is 17.2 Å². The highest BCUT2D eigenvalue weighted by molar-refractivity contribution is 7.39. The van der Waals surface area contributed by atoms with E-state index < -0.39 is 35.3 Å². The molecule has 0 fully saturated rings. The summed E-state index contributed by atoms with van der Waals surface area (Å²) >= 11 is 0. The minimum absolute atomic E-state index is 0.255. The zero-order valence-electron chi connectivity index (χ0n) is 21.2. The van der Waals surface area contributed by atoms with E-state index in [-0.39, 0.29) is 24.0 Å². The third-order valence-corrected chi connectivity index (χ3v) is 6.52. The van der Waals surface area contributed by atoms with Crippen molar-refractivity contribution in [1.82, 2.24) is 0 Å². The lowest BCUT2D eigenvalue weighted by molar-refractivity contribution is -0.0663. The molecule has 0 saturated carbocycles. The Hall–Kier alpha value is -1.18. The van der Waals surface area contributed by atoms with Gasteiger partial charge in [0, 0.05) is 0 Å². The van der Waals surface area contributed by atoms with Gasteiger partial charge >= 0.3 is 17.2 Å². The van der Waals surface area contributed by atoms with Crippen LogP contribution in [0.3, 0.4) is 0 Å². The maximum atomic E-state index is 10.7. The lowest BCUT2D eigenvalue weighted by atomic mass is 9.74. The Kier molecular flexibility index (Phi) is 10.6. The van der Waals surface area contributed by atoms with E-state index in [0.717, 1.165) is 16.7 Å². The molecule has 0 spiro atoms. The first kappa shape index (κ1) is 30.0. The Morgan fingerprint density at radius 1 is 0.714 bits per heavy atom. The quantitative estimate of drug-likeness (QED) is 0.262. The predicted molar refractivity (Wildman–Crippen MR) is 138 cm³/mol. The lowest BCUT2D eigenvalue weighted by Gasteiger charge is -2.41. The Balaban J connectivity index is 2.78. The number of rotatable bonds is 11. The highest BCUT2D eigenvalue weighted by Crippen LogP contribution is 2.47. The standard InChI is InChI=1S/C25H38O8P2/c1-23(2,3)19-12-8-7-11-18(19)22(33-21-14-10-9-13-20(21)24(4,5)6)25(15-26,16-31-34(27)28)17-32-35(29)30/h7-14,22,26-30H,15-17H2,1-6H3. The van der Waals surface area contributed by atoms with Gasteiger partial charge in [-0.1, -0.05) is 84.0 Å². The monoisotopic (exact) mass is 528 g/mol. The second-order valence-electron chi connectivity index (χ2n) is 10.7. The molecule has 10 heteroatoms. The van der Waals surface area contributed by atoms with E-state index >= 15 is 0 Å². The molecule has 1 unspecified atom stereocenters. The highest BCUT2D eigenvalue weighted by atomic mass is 31.2. The SMILES string of the molecule is CC(C)(C)c1ccccc1OC(c1ccccc1C(C)(C)C)C(CO)(COP(O)O)COP(O)O. The summed E-state index contributed by atoms with van der Waals surface area (Å²) in [7, 11) is -5.49. The Morgan fingerprint density at radius 3 is 1.63 bits per heavy atom. The van der Waals surface area contributed by atoms with E-state index in [1.807, 2.05) is 48.5 Å². The van der Waals surface area contributed by atoms with Gasteiger partial charge in [-0.05, 0) is 33.6 Å². The first-order valence-electron chi connectivity index (χ1n) is 11.3. The van der Waals surface area contributed by atoms with Crippen LogP contribution in [-0.2, 0) is 19.9 Å². The fourth-order valence-corrected chi connectivity index (χ4v) is 4.73. The fraction of sp³-hybridized carbons (Fsp3) is 0.520. The Morgan fingerprint density at radius 2 is 1.17 bits per heavy atom. The van der Waals surface area contributed by atoms with Gasteiger partial charge in [0.2, 0.25) is 0 Å². The van der Waals surface area contributed by atoms with Gasteiger partial charge in [0.15, 0.2) is 0 Å². The number of para-hydroxylation sites is 1. The molecule has 0 aromatic heterocycles. The van der Waals surface area contributed by atoms with Crippen molar-refractivity contribution < 1.29 is 38.5 Å². The minimum atomic E-state index is -2.75. The number of aliphatic hydroxyl groups is 1. The summed E-state index contributed by atoms with van der Waals surface area (Å²) < 4.78 is 17.1. The van der Waals surface area contributed by atoms with Crippen molar-refractivity contribution in [2.75, 3.05) is 19.8 Å². The third kappa shape index (κ3) is 8.16. The van der Waals surface area contributed by atoms with Crippen LogP contribution >= 0.6 is 17.2 Å². The maximum absolute atomic E-state index is 10.7. The molecule has 0 heterocycles. The molecule has 5 N–H and O–H groups in total. The molecular formula is C25H38O8P2. The number of ether oxygens (including phenoxy) is 1. The molecule has 0 aliphatic rings. The smallest absolute Gasteiger partial charge is 0.327 e.